The largest absolute Gasteiger partial charge is 0.383 e. The van der Waals surface area contributed by atoms with Gasteiger partial charge in [-0.25, -0.2) is 0 Å². The summed E-state index contributed by atoms with van der Waals surface area (Å²) >= 11 is 0. The van der Waals surface area contributed by atoms with E-state index in [-0.39, 0.29) is 36.8 Å². The van der Waals surface area contributed by atoms with Crippen molar-refractivity contribution in [3.63, 3.8) is 0 Å². The highest BCUT2D eigenvalue weighted by Gasteiger charge is 2.25. The summed E-state index contributed by atoms with van der Waals surface area (Å²) in [7, 11) is 1.67. The first kappa shape index (κ1) is 22.2. The predicted octanol–water partition coefficient (Wildman–Crippen LogP) is -0.0971. The Balaban J connectivity index is 0. The zero-order valence-corrected chi connectivity index (χ0v) is 13.9. The summed E-state index contributed by atoms with van der Waals surface area (Å²) in [6, 6.07) is 0. The summed E-state index contributed by atoms with van der Waals surface area (Å²) in [6.45, 7) is 8.16. The molecule has 1 rings (SSSR count). The van der Waals surface area contributed by atoms with Gasteiger partial charge >= 0.3 is 0 Å². The third kappa shape index (κ3) is 8.94. The third-order valence-corrected chi connectivity index (χ3v) is 2.97. The van der Waals surface area contributed by atoms with Crippen LogP contribution in [-0.4, -0.2) is 76.5 Å². The first-order chi connectivity index (χ1) is 8.77. The maximum absolute atomic E-state index is 11.8. The van der Waals surface area contributed by atoms with Crippen molar-refractivity contribution in [3.05, 3.63) is 0 Å². The molecule has 6 nitrogen and oxygen atoms in total. The van der Waals surface area contributed by atoms with E-state index in [2.05, 4.69) is 22.5 Å². The summed E-state index contributed by atoms with van der Waals surface area (Å²) < 4.78 is 10.4. The summed E-state index contributed by atoms with van der Waals surface area (Å²) in [6.07, 6.45) is -0.322. The minimum atomic E-state index is -0.322. The Hall–Kier alpha value is -0.110. The van der Waals surface area contributed by atoms with E-state index >= 15 is 0 Å². The van der Waals surface area contributed by atoms with Gasteiger partial charge in [0.15, 0.2) is 0 Å². The number of nitrogens with zero attached hydrogens (tertiary/aromatic N) is 1. The molecular weight excluding hydrogens is 305 g/mol. The molecule has 0 aromatic carbocycles. The van der Waals surface area contributed by atoms with Crippen LogP contribution in [0.4, 0.5) is 0 Å². The highest BCUT2D eigenvalue weighted by atomic mass is 35.5. The van der Waals surface area contributed by atoms with Crippen LogP contribution in [0.3, 0.4) is 0 Å². The number of hydrogen-bond donors (Lipinski definition) is 2. The molecule has 1 unspecified atom stereocenters. The highest BCUT2D eigenvalue weighted by molar-refractivity contribution is 5.85. The van der Waals surface area contributed by atoms with Gasteiger partial charge in [0.25, 0.3) is 5.91 Å². The van der Waals surface area contributed by atoms with Gasteiger partial charge in [0.1, 0.15) is 6.10 Å². The van der Waals surface area contributed by atoms with Crippen LogP contribution in [0.15, 0.2) is 0 Å². The van der Waals surface area contributed by atoms with Gasteiger partial charge < -0.3 is 20.1 Å². The van der Waals surface area contributed by atoms with E-state index < -0.39 is 0 Å². The monoisotopic (exact) mass is 331 g/mol. The molecule has 122 valence electrons. The zero-order valence-electron chi connectivity index (χ0n) is 12.2. The lowest BCUT2D eigenvalue weighted by Gasteiger charge is -2.31. The maximum atomic E-state index is 11.8. The van der Waals surface area contributed by atoms with Crippen molar-refractivity contribution >= 4 is 30.7 Å². The van der Waals surface area contributed by atoms with Gasteiger partial charge in [-0.15, -0.1) is 24.8 Å². The molecule has 0 bridgehead atoms. The SMILES string of the molecule is CCN1CCOC(C(=O)NCCNCCOC)C1.Cl.Cl. The van der Waals surface area contributed by atoms with Crippen molar-refractivity contribution in [2.24, 2.45) is 0 Å². The summed E-state index contributed by atoms with van der Waals surface area (Å²) in [5, 5.41) is 6.05. The van der Waals surface area contributed by atoms with Crippen molar-refractivity contribution in [3.8, 4) is 0 Å². The van der Waals surface area contributed by atoms with E-state index in [9.17, 15) is 4.79 Å². The molecule has 0 radical (unpaired) electrons. The number of ether oxygens (including phenoxy) is 2. The number of morpholine rings is 1. The van der Waals surface area contributed by atoms with Crippen LogP contribution in [0.25, 0.3) is 0 Å². The van der Waals surface area contributed by atoms with E-state index in [0.29, 0.717) is 26.3 Å². The fraction of sp³-hybridized carbons (Fsp3) is 0.917. The minimum absolute atomic E-state index is 0. The number of methoxy groups -OCH3 is 1. The van der Waals surface area contributed by atoms with Crippen LogP contribution in [0, 0.1) is 0 Å². The van der Waals surface area contributed by atoms with Gasteiger partial charge in [-0.3, -0.25) is 9.69 Å². The Bertz CT molecular complexity index is 248. The molecule has 0 aromatic rings. The Morgan fingerprint density at radius 3 is 2.75 bits per heavy atom. The molecule has 1 aliphatic heterocycles. The number of carbonyl (C=O) groups is 1. The fourth-order valence-corrected chi connectivity index (χ4v) is 1.84. The van der Waals surface area contributed by atoms with Gasteiger partial charge in [-0.1, -0.05) is 6.92 Å². The van der Waals surface area contributed by atoms with Gasteiger partial charge in [0.05, 0.1) is 13.2 Å². The lowest BCUT2D eigenvalue weighted by atomic mass is 10.2. The van der Waals surface area contributed by atoms with Gasteiger partial charge in [0, 0.05) is 39.8 Å². The number of likely N-dealkylation sites (N-methyl/N-ethyl adjacent to an activating group) is 1. The van der Waals surface area contributed by atoms with E-state index in [1.54, 1.807) is 7.11 Å². The predicted molar refractivity (Wildman–Crippen MR) is 84.1 cm³/mol. The van der Waals surface area contributed by atoms with Gasteiger partial charge in [-0.2, -0.15) is 0 Å². The second-order valence-corrected chi connectivity index (χ2v) is 4.29. The van der Waals surface area contributed by atoms with Gasteiger partial charge in [-0.05, 0) is 6.54 Å². The average Bonchev–Trinajstić information content (AvgIpc) is 2.42. The van der Waals surface area contributed by atoms with Crippen LogP contribution in [0.2, 0.25) is 0 Å². The van der Waals surface area contributed by atoms with Crippen LogP contribution >= 0.6 is 24.8 Å². The second kappa shape index (κ2) is 13.9. The van der Waals surface area contributed by atoms with Crippen LogP contribution in [-0.2, 0) is 14.3 Å². The topological polar surface area (TPSA) is 62.8 Å². The minimum Gasteiger partial charge on any atom is -0.383 e. The van der Waals surface area contributed by atoms with Crippen LogP contribution in [0.5, 0.6) is 0 Å². The van der Waals surface area contributed by atoms with E-state index in [1.165, 1.54) is 0 Å². The number of hydrogen-bond acceptors (Lipinski definition) is 5. The van der Waals surface area contributed by atoms with E-state index in [4.69, 9.17) is 9.47 Å². The Labute approximate surface area is 133 Å². The van der Waals surface area contributed by atoms with Crippen LogP contribution in [0.1, 0.15) is 6.92 Å². The van der Waals surface area contributed by atoms with Gasteiger partial charge in [0.2, 0.25) is 0 Å². The van der Waals surface area contributed by atoms with Crippen LogP contribution < -0.4 is 10.6 Å². The molecule has 1 aliphatic rings. The molecule has 8 heteroatoms. The molecule has 1 amide bonds. The number of amides is 1. The first-order valence-corrected chi connectivity index (χ1v) is 6.59. The van der Waals surface area contributed by atoms with Crippen molar-refractivity contribution in [1.82, 2.24) is 15.5 Å². The summed E-state index contributed by atoms with van der Waals surface area (Å²) in [4.78, 5) is 14.1. The Morgan fingerprint density at radius 2 is 2.10 bits per heavy atom. The average molecular weight is 332 g/mol. The fourth-order valence-electron chi connectivity index (χ4n) is 1.84. The quantitative estimate of drug-likeness (QED) is 0.608. The van der Waals surface area contributed by atoms with Crippen molar-refractivity contribution in [2.45, 2.75) is 13.0 Å². The summed E-state index contributed by atoms with van der Waals surface area (Å²) in [5.74, 6) is -0.0123. The van der Waals surface area contributed by atoms with Crippen molar-refractivity contribution in [2.75, 3.05) is 59.6 Å². The van der Waals surface area contributed by atoms with Crippen molar-refractivity contribution in [1.29, 1.82) is 0 Å². The first-order valence-electron chi connectivity index (χ1n) is 6.59. The molecule has 2 N–H and O–H groups in total. The molecule has 0 aromatic heterocycles. The lowest BCUT2D eigenvalue weighted by molar-refractivity contribution is -0.138. The molecule has 1 heterocycles. The van der Waals surface area contributed by atoms with Crippen molar-refractivity contribution < 1.29 is 14.3 Å². The van der Waals surface area contributed by atoms with E-state index in [0.717, 1.165) is 26.2 Å². The molecular formula is C12H27Cl2N3O3. The molecule has 0 aliphatic carbocycles. The Morgan fingerprint density at radius 1 is 1.35 bits per heavy atom. The zero-order chi connectivity index (χ0) is 13.2. The molecule has 0 saturated carbocycles. The molecule has 1 saturated heterocycles. The summed E-state index contributed by atoms with van der Waals surface area (Å²) in [5.41, 5.74) is 0. The lowest BCUT2D eigenvalue weighted by Crippen LogP contribution is -2.50. The highest BCUT2D eigenvalue weighted by Crippen LogP contribution is 2.04. The molecule has 20 heavy (non-hydrogen) atoms. The smallest absolute Gasteiger partial charge is 0.250 e. The molecule has 0 spiro atoms. The Kier molecular flexibility index (Phi) is 15.4. The standard InChI is InChI=1S/C12H25N3O3.2ClH/c1-3-15-7-9-18-11(10-15)12(16)14-5-4-13-6-8-17-2;;/h11,13H,3-10H2,1-2H3,(H,14,16);2*1H. The maximum Gasteiger partial charge on any atom is 0.250 e. The molecule has 1 atom stereocenters. The number of carbonyl (C=O) groups excluding carboxylic acids is 1. The number of nitrogens with one attached hydrogen (secondary N) is 2. The molecule has 1 fully saturated rings. The normalized spacial score (nSPS) is 18.8. The van der Waals surface area contributed by atoms with E-state index in [1.807, 2.05) is 0 Å². The third-order valence-electron chi connectivity index (χ3n) is 2.97. The second-order valence-electron chi connectivity index (χ2n) is 4.29. The number of rotatable bonds is 8. The number of halogens is 2.